The van der Waals surface area contributed by atoms with Crippen molar-refractivity contribution in [2.45, 2.75) is 12.6 Å². The molecular formula is C23H25F3N6O3. The van der Waals surface area contributed by atoms with Crippen molar-refractivity contribution in [3.8, 4) is 5.69 Å². The third-order valence-electron chi connectivity index (χ3n) is 4.80. The van der Waals surface area contributed by atoms with E-state index in [4.69, 9.17) is 4.74 Å². The molecule has 12 heteroatoms. The number of hydrogen-bond acceptors (Lipinski definition) is 6. The van der Waals surface area contributed by atoms with Gasteiger partial charge in [-0.15, -0.1) is 0 Å². The molecule has 0 spiro atoms. The molecule has 3 aromatic rings. The fourth-order valence-electron chi connectivity index (χ4n) is 3.08. The lowest BCUT2D eigenvalue weighted by atomic mass is 10.2. The Bertz CT molecular complexity index is 1120. The van der Waals surface area contributed by atoms with Gasteiger partial charge < -0.3 is 20.7 Å². The molecule has 3 N–H and O–H groups in total. The molecule has 186 valence electrons. The Morgan fingerprint density at radius 3 is 2.34 bits per heavy atom. The van der Waals surface area contributed by atoms with E-state index >= 15 is 0 Å². The lowest BCUT2D eigenvalue weighted by Crippen LogP contribution is -2.35. The number of aromatic nitrogens is 3. The minimum absolute atomic E-state index is 0.00969. The van der Waals surface area contributed by atoms with Crippen molar-refractivity contribution in [2.75, 3.05) is 38.7 Å². The van der Waals surface area contributed by atoms with E-state index in [0.717, 1.165) is 17.3 Å². The molecule has 3 rings (SSSR count). The van der Waals surface area contributed by atoms with Crippen molar-refractivity contribution in [1.29, 1.82) is 0 Å². The second-order valence-electron chi connectivity index (χ2n) is 7.39. The van der Waals surface area contributed by atoms with Gasteiger partial charge in [-0.3, -0.25) is 9.59 Å². The summed E-state index contributed by atoms with van der Waals surface area (Å²) in [7, 11) is 1.62. The highest BCUT2D eigenvalue weighted by Crippen LogP contribution is 2.31. The van der Waals surface area contributed by atoms with E-state index in [1.165, 1.54) is 6.20 Å². The first-order chi connectivity index (χ1) is 16.8. The Balaban J connectivity index is 1.52. The molecular weight excluding hydrogens is 465 g/mol. The van der Waals surface area contributed by atoms with Crippen molar-refractivity contribution in [3.63, 3.8) is 0 Å². The molecule has 2 heterocycles. The number of hydrogen-bond donors (Lipinski definition) is 3. The lowest BCUT2D eigenvalue weighted by molar-refractivity contribution is -0.141. The van der Waals surface area contributed by atoms with Crippen molar-refractivity contribution in [1.82, 2.24) is 25.4 Å². The molecule has 0 saturated carbocycles. The molecule has 0 aliphatic carbocycles. The smallest absolute Gasteiger partial charge is 0.385 e. The summed E-state index contributed by atoms with van der Waals surface area (Å²) in [4.78, 5) is 28.8. The molecule has 0 radical (unpaired) electrons. The predicted octanol–water partition coefficient (Wildman–Crippen LogP) is 2.89. The number of halogens is 3. The summed E-state index contributed by atoms with van der Waals surface area (Å²) < 4.78 is 46.2. The number of benzene rings is 1. The fraction of sp³-hybridized carbons (Fsp3) is 0.304. The normalized spacial score (nSPS) is 11.2. The molecule has 0 bridgehead atoms. The summed E-state index contributed by atoms with van der Waals surface area (Å²) in [5.41, 5.74) is -1.20. The number of rotatable bonds is 11. The largest absolute Gasteiger partial charge is 0.435 e. The number of pyridine rings is 1. The highest BCUT2D eigenvalue weighted by atomic mass is 19.4. The zero-order valence-electron chi connectivity index (χ0n) is 18.9. The van der Waals surface area contributed by atoms with Crippen molar-refractivity contribution >= 4 is 17.6 Å². The second-order valence-corrected chi connectivity index (χ2v) is 7.39. The van der Waals surface area contributed by atoms with Gasteiger partial charge in [-0.2, -0.15) is 18.3 Å². The van der Waals surface area contributed by atoms with Crippen LogP contribution in [0.4, 0.5) is 19.0 Å². The number of para-hydroxylation sites is 1. The Kier molecular flexibility index (Phi) is 8.79. The minimum atomic E-state index is -4.81. The van der Waals surface area contributed by atoms with Crippen LogP contribution in [0.3, 0.4) is 0 Å². The predicted molar refractivity (Wildman–Crippen MR) is 122 cm³/mol. The van der Waals surface area contributed by atoms with Crippen LogP contribution in [0.15, 0.2) is 54.9 Å². The molecule has 0 fully saturated rings. The SMILES string of the molecule is COCCCNc1ccc(C(=O)NCCNC(=O)c2cn(-c3ccccc3)nc2C(F)(F)F)cn1. The van der Waals surface area contributed by atoms with Gasteiger partial charge in [-0.25, -0.2) is 9.67 Å². The van der Waals surface area contributed by atoms with E-state index in [9.17, 15) is 22.8 Å². The minimum Gasteiger partial charge on any atom is -0.385 e. The Morgan fingerprint density at radius 2 is 1.71 bits per heavy atom. The maximum Gasteiger partial charge on any atom is 0.435 e. The Morgan fingerprint density at radius 1 is 1.00 bits per heavy atom. The standard InChI is InChI=1S/C23H25F3N6O3/c1-35-13-5-10-27-19-9-8-16(14-30-19)21(33)28-11-12-29-22(34)18-15-32(17-6-3-2-4-7-17)31-20(18)23(24,25)26/h2-4,6-9,14-15H,5,10-13H2,1H3,(H,27,30)(H,28,33)(H,29,34). The van der Waals surface area contributed by atoms with Crippen LogP contribution < -0.4 is 16.0 Å². The quantitative estimate of drug-likeness (QED) is 0.357. The third kappa shape index (κ3) is 7.27. The van der Waals surface area contributed by atoms with Crippen LogP contribution in [0.5, 0.6) is 0 Å². The molecule has 2 aromatic heterocycles. The van der Waals surface area contributed by atoms with E-state index in [1.807, 2.05) is 0 Å². The van der Waals surface area contributed by atoms with E-state index in [-0.39, 0.29) is 13.1 Å². The molecule has 0 aliphatic heterocycles. The molecule has 0 atom stereocenters. The van der Waals surface area contributed by atoms with Gasteiger partial charge in [0.2, 0.25) is 0 Å². The average molecular weight is 490 g/mol. The van der Waals surface area contributed by atoms with Crippen LogP contribution in [0.1, 0.15) is 32.8 Å². The van der Waals surface area contributed by atoms with Gasteiger partial charge in [-0.1, -0.05) is 18.2 Å². The van der Waals surface area contributed by atoms with E-state index in [0.29, 0.717) is 30.2 Å². The number of methoxy groups -OCH3 is 1. The van der Waals surface area contributed by atoms with Crippen LogP contribution in [-0.2, 0) is 10.9 Å². The maximum atomic E-state index is 13.4. The summed E-state index contributed by atoms with van der Waals surface area (Å²) in [5, 5.41) is 11.6. The number of ether oxygens (including phenoxy) is 1. The zero-order valence-corrected chi connectivity index (χ0v) is 18.9. The van der Waals surface area contributed by atoms with E-state index in [2.05, 4.69) is 26.0 Å². The Labute approximate surface area is 199 Å². The first-order valence-electron chi connectivity index (χ1n) is 10.8. The van der Waals surface area contributed by atoms with E-state index < -0.39 is 29.2 Å². The number of nitrogens with one attached hydrogen (secondary N) is 3. The third-order valence-corrected chi connectivity index (χ3v) is 4.80. The monoisotopic (exact) mass is 490 g/mol. The Hall–Kier alpha value is -3.93. The number of alkyl halides is 3. The van der Waals surface area contributed by atoms with Crippen molar-refractivity contribution in [2.24, 2.45) is 0 Å². The maximum absolute atomic E-state index is 13.4. The van der Waals surface area contributed by atoms with Crippen LogP contribution in [-0.4, -0.2) is 59.9 Å². The van der Waals surface area contributed by atoms with Crippen LogP contribution in [0.2, 0.25) is 0 Å². The van der Waals surface area contributed by atoms with Gasteiger partial charge in [0, 0.05) is 45.7 Å². The van der Waals surface area contributed by atoms with Gasteiger partial charge in [0.25, 0.3) is 11.8 Å². The van der Waals surface area contributed by atoms with Gasteiger partial charge in [0.05, 0.1) is 16.8 Å². The highest BCUT2D eigenvalue weighted by molar-refractivity contribution is 5.96. The van der Waals surface area contributed by atoms with Crippen molar-refractivity contribution < 1.29 is 27.5 Å². The number of anilines is 1. The summed E-state index contributed by atoms with van der Waals surface area (Å²) >= 11 is 0. The molecule has 35 heavy (non-hydrogen) atoms. The topological polar surface area (TPSA) is 110 Å². The van der Waals surface area contributed by atoms with Gasteiger partial charge >= 0.3 is 6.18 Å². The van der Waals surface area contributed by atoms with Crippen LogP contribution in [0, 0.1) is 0 Å². The summed E-state index contributed by atoms with van der Waals surface area (Å²) in [6, 6.07) is 11.4. The van der Waals surface area contributed by atoms with Gasteiger partial charge in [-0.05, 0) is 30.7 Å². The summed E-state index contributed by atoms with van der Waals surface area (Å²) in [5.74, 6) is -0.758. The second kappa shape index (κ2) is 12.0. The van der Waals surface area contributed by atoms with Gasteiger partial charge in [0.1, 0.15) is 5.82 Å². The first-order valence-corrected chi connectivity index (χ1v) is 10.8. The number of carbonyl (C=O) groups is 2. The molecule has 0 saturated heterocycles. The lowest BCUT2D eigenvalue weighted by Gasteiger charge is -2.09. The molecule has 0 aliphatic rings. The summed E-state index contributed by atoms with van der Waals surface area (Å²) in [6.07, 6.45) is -1.56. The van der Waals surface area contributed by atoms with Crippen LogP contribution >= 0.6 is 0 Å². The first kappa shape index (κ1) is 25.7. The van der Waals surface area contributed by atoms with Crippen molar-refractivity contribution in [3.05, 3.63) is 71.7 Å². The summed E-state index contributed by atoms with van der Waals surface area (Å²) in [6.45, 7) is 1.23. The number of nitrogens with zero attached hydrogens (tertiary/aromatic N) is 3. The highest BCUT2D eigenvalue weighted by Gasteiger charge is 2.39. The number of carbonyl (C=O) groups excluding carboxylic acids is 2. The van der Waals surface area contributed by atoms with Gasteiger partial charge in [0.15, 0.2) is 5.69 Å². The fourth-order valence-corrected chi connectivity index (χ4v) is 3.08. The zero-order chi connectivity index (χ0) is 25.3. The van der Waals surface area contributed by atoms with E-state index in [1.54, 1.807) is 49.6 Å². The van der Waals surface area contributed by atoms with Crippen LogP contribution in [0.25, 0.3) is 5.69 Å². The molecule has 9 nitrogen and oxygen atoms in total. The molecule has 1 aromatic carbocycles. The number of amides is 2. The molecule has 0 unspecified atom stereocenters. The average Bonchev–Trinajstić information content (AvgIpc) is 3.32. The molecule has 2 amide bonds.